The number of hydrogen-bond acceptors (Lipinski definition) is 9. The van der Waals surface area contributed by atoms with Crippen LogP contribution in [0.4, 0.5) is 5.82 Å². The van der Waals surface area contributed by atoms with Crippen molar-refractivity contribution in [1.29, 1.82) is 10.5 Å². The molecule has 0 radical (unpaired) electrons. The first-order valence-electron chi connectivity index (χ1n) is 10.0. The number of thioether (sulfide) groups is 1. The van der Waals surface area contributed by atoms with Gasteiger partial charge in [-0.05, 0) is 42.3 Å². The first-order valence-corrected chi connectivity index (χ1v) is 11.8. The van der Waals surface area contributed by atoms with Crippen molar-refractivity contribution in [3.05, 3.63) is 64.2 Å². The van der Waals surface area contributed by atoms with Gasteiger partial charge in [-0.15, -0.1) is 11.3 Å². The van der Waals surface area contributed by atoms with Gasteiger partial charge in [-0.25, -0.2) is 9.97 Å². The molecule has 0 unspecified atom stereocenters. The summed E-state index contributed by atoms with van der Waals surface area (Å²) in [6.45, 7) is 2.12. The Hall–Kier alpha value is -3.63. The van der Waals surface area contributed by atoms with Crippen molar-refractivity contribution >= 4 is 39.1 Å². The number of aryl methyl sites for hydroxylation is 1. The second kappa shape index (κ2) is 9.88. The van der Waals surface area contributed by atoms with Gasteiger partial charge < -0.3 is 15.6 Å². The molecule has 0 atom stereocenters. The molecule has 3 N–H and O–H groups in total. The molecule has 9 heteroatoms. The summed E-state index contributed by atoms with van der Waals surface area (Å²) in [6.07, 6.45) is 0. The normalized spacial score (nSPS) is 10.7. The number of aliphatic hydroxyl groups is 1. The highest BCUT2D eigenvalue weighted by Crippen LogP contribution is 2.38. The number of aromatic nitrogens is 2. The Kier molecular flexibility index (Phi) is 6.76. The highest BCUT2D eigenvalue weighted by atomic mass is 32.2. The predicted octanol–water partition coefficient (Wildman–Crippen LogP) is 4.66. The van der Waals surface area contributed by atoms with Crippen LogP contribution in [0.1, 0.15) is 21.7 Å². The van der Waals surface area contributed by atoms with Crippen LogP contribution in [0.25, 0.3) is 21.3 Å². The lowest BCUT2D eigenvalue weighted by Crippen LogP contribution is -2.04. The Morgan fingerprint density at radius 1 is 1.09 bits per heavy atom. The summed E-state index contributed by atoms with van der Waals surface area (Å²) in [6, 6.07) is 17.4. The van der Waals surface area contributed by atoms with Crippen LogP contribution >= 0.6 is 23.1 Å². The van der Waals surface area contributed by atoms with Gasteiger partial charge in [-0.2, -0.15) is 10.5 Å². The molecule has 0 aliphatic heterocycles. The third-order valence-corrected chi connectivity index (χ3v) is 7.04. The molecule has 2 aromatic carbocycles. The molecule has 7 nitrogen and oxygen atoms in total. The van der Waals surface area contributed by atoms with Crippen LogP contribution in [0.3, 0.4) is 0 Å². The van der Waals surface area contributed by atoms with Crippen LogP contribution in [0.15, 0.2) is 47.5 Å². The average Bonchev–Trinajstić information content (AvgIpc) is 3.23. The van der Waals surface area contributed by atoms with Crippen molar-refractivity contribution in [3.8, 4) is 29.0 Å². The fourth-order valence-corrected chi connectivity index (χ4v) is 5.28. The van der Waals surface area contributed by atoms with E-state index in [0.29, 0.717) is 33.2 Å². The smallest absolute Gasteiger partial charge is 0.143 e. The zero-order valence-electron chi connectivity index (χ0n) is 17.7. The maximum atomic E-state index is 9.97. The van der Waals surface area contributed by atoms with Crippen molar-refractivity contribution < 1.29 is 9.84 Å². The van der Waals surface area contributed by atoms with Crippen molar-refractivity contribution in [3.63, 3.8) is 0 Å². The van der Waals surface area contributed by atoms with E-state index in [2.05, 4.69) is 34.2 Å². The van der Waals surface area contributed by atoms with E-state index < -0.39 is 0 Å². The van der Waals surface area contributed by atoms with Gasteiger partial charge in [-0.3, -0.25) is 0 Å². The standard InChI is InChI=1S/C24H19N5O2S2/c1-14-2-7-20-19(10-14)28-21(33-20)13-32-24-18(12-26)22(17(11-25)23(27)29-24)15-3-5-16(6-4-15)31-9-8-30/h2-7,10,30H,8-9,13H2,1H3,(H2,27,29). The number of anilines is 1. The molecule has 164 valence electrons. The minimum Gasteiger partial charge on any atom is -0.491 e. The Bertz CT molecular complexity index is 1400. The lowest BCUT2D eigenvalue weighted by atomic mass is 9.97. The zero-order chi connectivity index (χ0) is 23.4. The monoisotopic (exact) mass is 473 g/mol. The summed E-state index contributed by atoms with van der Waals surface area (Å²) in [5, 5.41) is 30.0. The summed E-state index contributed by atoms with van der Waals surface area (Å²) in [5.74, 6) is 1.18. The highest BCUT2D eigenvalue weighted by Gasteiger charge is 2.21. The van der Waals surface area contributed by atoms with Crippen LogP contribution < -0.4 is 10.5 Å². The number of hydrogen-bond donors (Lipinski definition) is 2. The molecule has 0 saturated heterocycles. The molecule has 2 heterocycles. The first kappa shape index (κ1) is 22.6. The number of ether oxygens (including phenoxy) is 1. The van der Waals surface area contributed by atoms with Crippen LogP contribution in [-0.4, -0.2) is 28.3 Å². The summed E-state index contributed by atoms with van der Waals surface area (Å²) >= 11 is 2.97. The summed E-state index contributed by atoms with van der Waals surface area (Å²) < 4.78 is 6.50. The maximum absolute atomic E-state index is 9.97. The lowest BCUT2D eigenvalue weighted by molar-refractivity contribution is 0.201. The topological polar surface area (TPSA) is 129 Å². The maximum Gasteiger partial charge on any atom is 0.143 e. The van der Waals surface area contributed by atoms with Gasteiger partial charge in [0.05, 0.1) is 28.1 Å². The number of benzene rings is 2. The van der Waals surface area contributed by atoms with E-state index in [1.54, 1.807) is 35.6 Å². The lowest BCUT2D eigenvalue weighted by Gasteiger charge is -2.13. The Labute approximate surface area is 199 Å². The van der Waals surface area contributed by atoms with E-state index in [-0.39, 0.29) is 24.6 Å². The summed E-state index contributed by atoms with van der Waals surface area (Å²) in [5.41, 5.74) is 9.78. The molecule has 0 fully saturated rings. The molecule has 0 aliphatic carbocycles. The number of nitrogens with two attached hydrogens (primary N) is 1. The van der Waals surface area contributed by atoms with Gasteiger partial charge in [-0.1, -0.05) is 30.0 Å². The summed E-state index contributed by atoms with van der Waals surface area (Å²) in [4.78, 5) is 9.05. The van der Waals surface area contributed by atoms with E-state index in [9.17, 15) is 10.5 Å². The van der Waals surface area contributed by atoms with E-state index in [0.717, 1.165) is 20.8 Å². The fourth-order valence-electron chi connectivity index (χ4n) is 3.35. The molecule has 0 bridgehead atoms. The fraction of sp³-hybridized carbons (Fsp3) is 0.167. The Morgan fingerprint density at radius 2 is 1.85 bits per heavy atom. The number of nitrogens with zero attached hydrogens (tertiary/aromatic N) is 4. The molecule has 33 heavy (non-hydrogen) atoms. The molecule has 0 amide bonds. The van der Waals surface area contributed by atoms with Crippen molar-refractivity contribution in [2.24, 2.45) is 0 Å². The summed E-state index contributed by atoms with van der Waals surface area (Å²) in [7, 11) is 0. The van der Waals surface area contributed by atoms with Crippen LogP contribution in [0.2, 0.25) is 0 Å². The van der Waals surface area contributed by atoms with E-state index >= 15 is 0 Å². The Morgan fingerprint density at radius 3 is 2.55 bits per heavy atom. The van der Waals surface area contributed by atoms with Crippen molar-refractivity contribution in [2.75, 3.05) is 18.9 Å². The number of nitrogen functional groups attached to an aromatic ring is 1. The molecular weight excluding hydrogens is 454 g/mol. The number of nitriles is 2. The van der Waals surface area contributed by atoms with E-state index in [4.69, 9.17) is 15.6 Å². The minimum absolute atomic E-state index is 0.0783. The third kappa shape index (κ3) is 4.76. The second-order valence-corrected chi connectivity index (χ2v) is 9.19. The van der Waals surface area contributed by atoms with E-state index in [1.807, 2.05) is 13.0 Å². The Balaban J connectivity index is 1.69. The van der Waals surface area contributed by atoms with Gasteiger partial charge in [0.2, 0.25) is 0 Å². The van der Waals surface area contributed by atoms with Crippen molar-refractivity contribution in [2.45, 2.75) is 17.7 Å². The van der Waals surface area contributed by atoms with Gasteiger partial charge in [0, 0.05) is 5.56 Å². The van der Waals surface area contributed by atoms with Crippen molar-refractivity contribution in [1.82, 2.24) is 9.97 Å². The van der Waals surface area contributed by atoms with Crippen LogP contribution in [-0.2, 0) is 5.75 Å². The molecule has 0 aliphatic rings. The largest absolute Gasteiger partial charge is 0.491 e. The molecule has 4 rings (SSSR count). The van der Waals surface area contributed by atoms with Crippen LogP contribution in [0.5, 0.6) is 5.75 Å². The predicted molar refractivity (Wildman–Crippen MR) is 130 cm³/mol. The number of aliphatic hydroxyl groups excluding tert-OH is 1. The third-order valence-electron chi connectivity index (χ3n) is 4.84. The molecule has 0 saturated carbocycles. The van der Waals surface area contributed by atoms with Gasteiger partial charge in [0.15, 0.2) is 0 Å². The molecule has 4 aromatic rings. The number of pyridine rings is 1. The minimum atomic E-state index is -0.0886. The zero-order valence-corrected chi connectivity index (χ0v) is 19.3. The quantitative estimate of drug-likeness (QED) is 0.371. The van der Waals surface area contributed by atoms with E-state index in [1.165, 1.54) is 11.8 Å². The second-order valence-electron chi connectivity index (χ2n) is 7.11. The molecular formula is C24H19N5O2S2. The number of fused-ring (bicyclic) bond motifs is 1. The SMILES string of the molecule is Cc1ccc2sc(CSc3nc(N)c(C#N)c(-c4ccc(OCCO)cc4)c3C#N)nc2c1. The molecule has 0 spiro atoms. The number of rotatable bonds is 7. The first-order chi connectivity index (χ1) is 16.0. The highest BCUT2D eigenvalue weighted by molar-refractivity contribution is 7.98. The molecule has 2 aromatic heterocycles. The van der Waals surface area contributed by atoms with Crippen LogP contribution in [0, 0.1) is 29.6 Å². The van der Waals surface area contributed by atoms with Gasteiger partial charge >= 0.3 is 0 Å². The number of thiazole rings is 1. The van der Waals surface area contributed by atoms with Gasteiger partial charge in [0.25, 0.3) is 0 Å². The average molecular weight is 474 g/mol. The van der Waals surface area contributed by atoms with Gasteiger partial charge in [0.1, 0.15) is 45.9 Å².